The van der Waals surface area contributed by atoms with E-state index in [0.717, 1.165) is 10.5 Å². The zero-order chi connectivity index (χ0) is 22.5. The highest BCUT2D eigenvalue weighted by Crippen LogP contribution is 2.32. The first-order valence-electron chi connectivity index (χ1n) is 10.2. The van der Waals surface area contributed by atoms with Crippen molar-refractivity contribution >= 4 is 17.8 Å². The molecule has 3 aromatic rings. The van der Waals surface area contributed by atoms with Gasteiger partial charge in [0.25, 0.3) is 5.91 Å². The number of carbonyl (C=O) groups excluding carboxylic acids is 3. The summed E-state index contributed by atoms with van der Waals surface area (Å²) in [5, 5.41) is 2.68. The Kier molecular flexibility index (Phi) is 6.26. The Hall–Kier alpha value is -4.00. The fourth-order valence-electron chi connectivity index (χ4n) is 3.69. The van der Waals surface area contributed by atoms with Crippen LogP contribution < -0.4 is 5.32 Å². The van der Waals surface area contributed by atoms with E-state index in [1.54, 1.807) is 24.3 Å². The van der Waals surface area contributed by atoms with Crippen molar-refractivity contribution in [2.24, 2.45) is 0 Å². The molecule has 162 valence electrons. The van der Waals surface area contributed by atoms with Crippen molar-refractivity contribution in [2.75, 3.05) is 6.54 Å². The number of nitrogens with one attached hydrogen (secondary N) is 1. The average Bonchev–Trinajstić information content (AvgIpc) is 3.04. The number of carbonyl (C=O) groups is 3. The van der Waals surface area contributed by atoms with E-state index in [2.05, 4.69) is 5.32 Å². The third-order valence-corrected chi connectivity index (χ3v) is 5.30. The number of benzene rings is 3. The van der Waals surface area contributed by atoms with E-state index in [1.165, 1.54) is 17.0 Å². The minimum absolute atomic E-state index is 0.172. The maximum Gasteiger partial charge on any atom is 0.328 e. The van der Waals surface area contributed by atoms with Crippen molar-refractivity contribution in [3.63, 3.8) is 0 Å². The molecule has 7 heteroatoms. The summed E-state index contributed by atoms with van der Waals surface area (Å²) in [5.74, 6) is -1.27. The molecule has 0 aliphatic carbocycles. The molecule has 0 spiro atoms. The smallest absolute Gasteiger partial charge is 0.328 e. The minimum atomic E-state index is -0.797. The van der Waals surface area contributed by atoms with Crippen LogP contribution in [0, 0.1) is 5.82 Å². The molecular formula is C25H22FN3O3. The zero-order valence-electron chi connectivity index (χ0n) is 17.3. The molecule has 1 N–H and O–H groups in total. The number of imide groups is 1. The Morgan fingerprint density at radius 1 is 0.844 bits per heavy atom. The molecule has 0 bridgehead atoms. The van der Waals surface area contributed by atoms with Crippen LogP contribution in [-0.4, -0.2) is 34.2 Å². The maximum atomic E-state index is 13.2. The largest absolute Gasteiger partial charge is 0.350 e. The van der Waals surface area contributed by atoms with E-state index in [4.69, 9.17) is 0 Å². The molecule has 1 heterocycles. The van der Waals surface area contributed by atoms with E-state index in [-0.39, 0.29) is 25.5 Å². The fourth-order valence-corrected chi connectivity index (χ4v) is 3.69. The molecule has 1 fully saturated rings. The zero-order valence-corrected chi connectivity index (χ0v) is 17.3. The van der Waals surface area contributed by atoms with Crippen LogP contribution in [0.5, 0.6) is 0 Å². The van der Waals surface area contributed by atoms with Gasteiger partial charge in [-0.05, 0) is 28.8 Å². The second-order valence-electron chi connectivity index (χ2n) is 7.54. The molecule has 1 aliphatic heterocycles. The number of amides is 4. The fraction of sp³-hybridized carbons (Fsp3) is 0.160. The average molecular weight is 431 g/mol. The van der Waals surface area contributed by atoms with Crippen LogP contribution in [0.1, 0.15) is 22.7 Å². The molecule has 1 unspecified atom stereocenters. The lowest BCUT2D eigenvalue weighted by Gasteiger charge is -2.22. The summed E-state index contributed by atoms with van der Waals surface area (Å²) >= 11 is 0. The van der Waals surface area contributed by atoms with Crippen molar-refractivity contribution in [1.82, 2.24) is 15.1 Å². The lowest BCUT2D eigenvalue weighted by Crippen LogP contribution is -2.41. The SMILES string of the molecule is O=C(CN1C(=O)C(c2ccccc2)N(Cc2ccccc2)C1=O)NCc1ccc(F)cc1. The lowest BCUT2D eigenvalue weighted by molar-refractivity contribution is -0.132. The Labute approximate surface area is 185 Å². The van der Waals surface area contributed by atoms with Crippen LogP contribution in [0.3, 0.4) is 0 Å². The lowest BCUT2D eigenvalue weighted by atomic mass is 10.1. The third kappa shape index (κ3) is 4.67. The highest BCUT2D eigenvalue weighted by atomic mass is 19.1. The predicted molar refractivity (Wildman–Crippen MR) is 117 cm³/mol. The van der Waals surface area contributed by atoms with Gasteiger partial charge in [0, 0.05) is 13.1 Å². The second-order valence-corrected chi connectivity index (χ2v) is 7.54. The van der Waals surface area contributed by atoms with Crippen LogP contribution in [0.25, 0.3) is 0 Å². The third-order valence-electron chi connectivity index (χ3n) is 5.30. The summed E-state index contributed by atoms with van der Waals surface area (Å²) in [7, 11) is 0. The van der Waals surface area contributed by atoms with Crippen molar-refractivity contribution < 1.29 is 18.8 Å². The van der Waals surface area contributed by atoms with Crippen LogP contribution in [0.2, 0.25) is 0 Å². The Morgan fingerprint density at radius 2 is 1.47 bits per heavy atom. The van der Waals surface area contributed by atoms with Gasteiger partial charge in [0.1, 0.15) is 18.4 Å². The van der Waals surface area contributed by atoms with Gasteiger partial charge < -0.3 is 10.2 Å². The monoisotopic (exact) mass is 431 g/mol. The van der Waals surface area contributed by atoms with Crippen molar-refractivity contribution in [2.45, 2.75) is 19.1 Å². The summed E-state index contributed by atoms with van der Waals surface area (Å²) in [6.07, 6.45) is 0. The normalized spacial score (nSPS) is 15.8. The van der Waals surface area contributed by atoms with E-state index in [1.807, 2.05) is 48.5 Å². The van der Waals surface area contributed by atoms with Crippen LogP contribution in [0.4, 0.5) is 9.18 Å². The van der Waals surface area contributed by atoms with Gasteiger partial charge in [-0.1, -0.05) is 72.8 Å². The highest BCUT2D eigenvalue weighted by Gasteiger charge is 2.46. The van der Waals surface area contributed by atoms with Crippen LogP contribution >= 0.6 is 0 Å². The molecule has 4 amide bonds. The summed E-state index contributed by atoms with van der Waals surface area (Å²) in [6, 6.07) is 22.9. The van der Waals surface area contributed by atoms with E-state index >= 15 is 0 Å². The second kappa shape index (κ2) is 9.43. The molecule has 1 saturated heterocycles. The number of nitrogens with zero attached hydrogens (tertiary/aromatic N) is 2. The molecule has 6 nitrogen and oxygen atoms in total. The van der Waals surface area contributed by atoms with Crippen molar-refractivity contribution in [1.29, 1.82) is 0 Å². The molecule has 3 aromatic carbocycles. The molecule has 0 saturated carbocycles. The van der Waals surface area contributed by atoms with Crippen molar-refractivity contribution in [3.05, 3.63) is 107 Å². The highest BCUT2D eigenvalue weighted by molar-refractivity contribution is 6.06. The van der Waals surface area contributed by atoms with Crippen molar-refractivity contribution in [3.8, 4) is 0 Å². The first-order valence-corrected chi connectivity index (χ1v) is 10.2. The standard InChI is InChI=1S/C25H22FN3O3/c26-21-13-11-18(12-14-21)15-27-22(30)17-29-24(31)23(20-9-5-2-6-10-20)28(25(29)32)16-19-7-3-1-4-8-19/h1-14,23H,15-17H2,(H,27,30). The summed E-state index contributed by atoms with van der Waals surface area (Å²) in [4.78, 5) is 41.3. The van der Waals surface area contributed by atoms with Gasteiger partial charge in [-0.25, -0.2) is 9.18 Å². The number of urea groups is 1. The quantitative estimate of drug-likeness (QED) is 0.581. The Balaban J connectivity index is 1.50. The van der Waals surface area contributed by atoms with Gasteiger partial charge in [-0.15, -0.1) is 0 Å². The number of halogens is 1. The summed E-state index contributed by atoms with van der Waals surface area (Å²) in [5.41, 5.74) is 2.29. The number of rotatable bonds is 7. The van der Waals surface area contributed by atoms with E-state index < -0.39 is 23.9 Å². The number of hydrogen-bond acceptors (Lipinski definition) is 3. The van der Waals surface area contributed by atoms with Gasteiger partial charge >= 0.3 is 6.03 Å². The Bertz CT molecular complexity index is 1100. The molecule has 4 rings (SSSR count). The molecular weight excluding hydrogens is 409 g/mol. The topological polar surface area (TPSA) is 69.7 Å². The van der Waals surface area contributed by atoms with Gasteiger partial charge in [-0.3, -0.25) is 14.5 Å². The minimum Gasteiger partial charge on any atom is -0.350 e. The number of hydrogen-bond donors (Lipinski definition) is 1. The molecule has 1 atom stereocenters. The van der Waals surface area contributed by atoms with Crippen LogP contribution in [-0.2, 0) is 22.7 Å². The van der Waals surface area contributed by atoms with Gasteiger partial charge in [-0.2, -0.15) is 0 Å². The van der Waals surface area contributed by atoms with Crippen LogP contribution in [0.15, 0.2) is 84.9 Å². The first kappa shape index (κ1) is 21.2. The van der Waals surface area contributed by atoms with Gasteiger partial charge in [0.2, 0.25) is 5.91 Å². The molecule has 32 heavy (non-hydrogen) atoms. The predicted octanol–water partition coefficient (Wildman–Crippen LogP) is 3.65. The van der Waals surface area contributed by atoms with E-state index in [0.29, 0.717) is 11.1 Å². The van der Waals surface area contributed by atoms with Gasteiger partial charge in [0.15, 0.2) is 0 Å². The molecule has 1 aliphatic rings. The van der Waals surface area contributed by atoms with Gasteiger partial charge in [0.05, 0.1) is 0 Å². The molecule has 0 radical (unpaired) electrons. The van der Waals surface area contributed by atoms with E-state index in [9.17, 15) is 18.8 Å². The Morgan fingerprint density at radius 3 is 2.12 bits per heavy atom. The summed E-state index contributed by atoms with van der Waals surface area (Å²) < 4.78 is 13.0. The summed E-state index contributed by atoms with van der Waals surface area (Å²) in [6.45, 7) is 0.0390. The maximum absolute atomic E-state index is 13.2. The molecule has 0 aromatic heterocycles. The first-order chi connectivity index (χ1) is 15.5.